The summed E-state index contributed by atoms with van der Waals surface area (Å²) in [6.45, 7) is 3.16. The van der Waals surface area contributed by atoms with Gasteiger partial charge < -0.3 is 10.1 Å². The van der Waals surface area contributed by atoms with Crippen LogP contribution >= 0.6 is 0 Å². The molecule has 1 aromatic rings. The summed E-state index contributed by atoms with van der Waals surface area (Å²) in [5.41, 5.74) is 2.60. The van der Waals surface area contributed by atoms with Gasteiger partial charge >= 0.3 is 5.97 Å². The molecule has 0 heterocycles. The lowest BCUT2D eigenvalue weighted by Crippen LogP contribution is -2.25. The molecule has 0 saturated carbocycles. The highest BCUT2D eigenvalue weighted by molar-refractivity contribution is 5.71. The fraction of sp³-hybridized carbons (Fsp3) is 0.417. The summed E-state index contributed by atoms with van der Waals surface area (Å²) < 4.78 is 4.52. The maximum Gasteiger partial charge on any atom is 0.319 e. The standard InChI is InChI=1S/C12H17NO2/c1-10-5-3-4-6-11(10)7-8-13-9-12(14)15-2/h3-6,13H,7-9H2,1-2H3. The molecule has 0 fully saturated rings. The Hall–Kier alpha value is -1.35. The largest absolute Gasteiger partial charge is 0.468 e. The zero-order chi connectivity index (χ0) is 11.1. The molecule has 0 spiro atoms. The zero-order valence-corrected chi connectivity index (χ0v) is 9.25. The molecule has 0 unspecified atom stereocenters. The average molecular weight is 207 g/mol. The zero-order valence-electron chi connectivity index (χ0n) is 9.25. The van der Waals surface area contributed by atoms with E-state index < -0.39 is 0 Å². The Morgan fingerprint density at radius 1 is 1.40 bits per heavy atom. The first-order chi connectivity index (χ1) is 7.24. The minimum atomic E-state index is -0.222. The van der Waals surface area contributed by atoms with Crippen LogP contribution in [0.2, 0.25) is 0 Å². The van der Waals surface area contributed by atoms with Crippen LogP contribution in [0.15, 0.2) is 24.3 Å². The van der Waals surface area contributed by atoms with Gasteiger partial charge in [-0.25, -0.2) is 0 Å². The Balaban J connectivity index is 2.26. The number of hydrogen-bond acceptors (Lipinski definition) is 3. The summed E-state index contributed by atoms with van der Waals surface area (Å²) in [5, 5.41) is 3.04. The van der Waals surface area contributed by atoms with Gasteiger partial charge in [-0.15, -0.1) is 0 Å². The van der Waals surface area contributed by atoms with Crippen LogP contribution in [0.4, 0.5) is 0 Å². The second kappa shape index (κ2) is 6.19. The quantitative estimate of drug-likeness (QED) is 0.584. The number of benzene rings is 1. The van der Waals surface area contributed by atoms with Crippen molar-refractivity contribution in [3.63, 3.8) is 0 Å². The van der Waals surface area contributed by atoms with E-state index in [4.69, 9.17) is 0 Å². The molecule has 0 aliphatic rings. The molecule has 1 rings (SSSR count). The molecule has 0 aliphatic heterocycles. The maximum atomic E-state index is 10.8. The van der Waals surface area contributed by atoms with Crippen LogP contribution in [-0.2, 0) is 16.0 Å². The smallest absolute Gasteiger partial charge is 0.319 e. The van der Waals surface area contributed by atoms with E-state index in [9.17, 15) is 4.79 Å². The van der Waals surface area contributed by atoms with E-state index in [0.717, 1.165) is 13.0 Å². The number of ether oxygens (including phenoxy) is 1. The summed E-state index contributed by atoms with van der Waals surface area (Å²) in [6.07, 6.45) is 0.934. The lowest BCUT2D eigenvalue weighted by Gasteiger charge is -2.06. The van der Waals surface area contributed by atoms with Gasteiger partial charge in [0.15, 0.2) is 0 Å². The first-order valence-corrected chi connectivity index (χ1v) is 5.06. The van der Waals surface area contributed by atoms with Gasteiger partial charge in [0.25, 0.3) is 0 Å². The highest BCUT2D eigenvalue weighted by Gasteiger charge is 1.99. The van der Waals surface area contributed by atoms with Gasteiger partial charge in [0.1, 0.15) is 0 Å². The first-order valence-electron chi connectivity index (χ1n) is 5.06. The number of methoxy groups -OCH3 is 1. The summed E-state index contributed by atoms with van der Waals surface area (Å²) in [6, 6.07) is 8.26. The molecule has 0 aliphatic carbocycles. The molecule has 15 heavy (non-hydrogen) atoms. The Morgan fingerprint density at radius 2 is 2.13 bits per heavy atom. The Morgan fingerprint density at radius 3 is 2.80 bits per heavy atom. The Kier molecular flexibility index (Phi) is 4.84. The summed E-state index contributed by atoms with van der Waals surface area (Å²) in [7, 11) is 1.39. The van der Waals surface area contributed by atoms with Crippen LogP contribution in [-0.4, -0.2) is 26.2 Å². The molecule has 0 saturated heterocycles. The first kappa shape index (κ1) is 11.7. The maximum absolute atomic E-state index is 10.8. The van der Waals surface area contributed by atoms with Crippen molar-refractivity contribution in [1.82, 2.24) is 5.32 Å². The number of hydrogen-bond donors (Lipinski definition) is 1. The second-order valence-electron chi connectivity index (χ2n) is 3.43. The van der Waals surface area contributed by atoms with Crippen molar-refractivity contribution >= 4 is 5.97 Å². The van der Waals surface area contributed by atoms with Gasteiger partial charge in [-0.2, -0.15) is 0 Å². The number of nitrogens with one attached hydrogen (secondary N) is 1. The number of aryl methyl sites for hydroxylation is 1. The lowest BCUT2D eigenvalue weighted by molar-refractivity contribution is -0.139. The molecule has 3 nitrogen and oxygen atoms in total. The fourth-order valence-corrected chi connectivity index (χ4v) is 1.38. The minimum Gasteiger partial charge on any atom is -0.468 e. The van der Waals surface area contributed by atoms with E-state index >= 15 is 0 Å². The summed E-state index contributed by atoms with van der Waals surface area (Å²) >= 11 is 0. The van der Waals surface area contributed by atoms with Gasteiger partial charge in [-0.1, -0.05) is 24.3 Å². The Bertz CT molecular complexity index is 323. The van der Waals surface area contributed by atoms with Crippen LogP contribution in [0.1, 0.15) is 11.1 Å². The van der Waals surface area contributed by atoms with E-state index in [1.165, 1.54) is 18.2 Å². The summed E-state index contributed by atoms with van der Waals surface area (Å²) in [4.78, 5) is 10.8. The van der Waals surface area contributed by atoms with Crippen molar-refractivity contribution in [3.05, 3.63) is 35.4 Å². The number of esters is 1. The van der Waals surface area contributed by atoms with Crippen molar-refractivity contribution in [2.24, 2.45) is 0 Å². The minimum absolute atomic E-state index is 0.222. The number of carbonyl (C=O) groups excluding carboxylic acids is 1. The predicted octanol–water partition coefficient (Wildman–Crippen LogP) is 1.30. The van der Waals surface area contributed by atoms with Crippen LogP contribution in [0.5, 0.6) is 0 Å². The van der Waals surface area contributed by atoms with Crippen LogP contribution in [0, 0.1) is 6.92 Å². The van der Waals surface area contributed by atoms with Crippen molar-refractivity contribution < 1.29 is 9.53 Å². The SMILES string of the molecule is COC(=O)CNCCc1ccccc1C. The highest BCUT2D eigenvalue weighted by Crippen LogP contribution is 2.06. The molecule has 0 aromatic heterocycles. The average Bonchev–Trinajstić information content (AvgIpc) is 2.26. The van der Waals surface area contributed by atoms with E-state index in [1.807, 2.05) is 12.1 Å². The highest BCUT2D eigenvalue weighted by atomic mass is 16.5. The third-order valence-corrected chi connectivity index (χ3v) is 2.33. The van der Waals surface area contributed by atoms with Crippen molar-refractivity contribution in [2.45, 2.75) is 13.3 Å². The van der Waals surface area contributed by atoms with Crippen LogP contribution in [0.25, 0.3) is 0 Å². The van der Waals surface area contributed by atoms with E-state index in [0.29, 0.717) is 0 Å². The third-order valence-electron chi connectivity index (χ3n) is 2.33. The third kappa shape index (κ3) is 4.13. The Labute approximate surface area is 90.4 Å². The van der Waals surface area contributed by atoms with Gasteiger partial charge in [-0.05, 0) is 31.0 Å². The van der Waals surface area contributed by atoms with Crippen molar-refractivity contribution in [2.75, 3.05) is 20.2 Å². The van der Waals surface area contributed by atoms with Crippen LogP contribution in [0.3, 0.4) is 0 Å². The van der Waals surface area contributed by atoms with E-state index in [1.54, 1.807) is 0 Å². The van der Waals surface area contributed by atoms with Gasteiger partial charge in [0.2, 0.25) is 0 Å². The molecular formula is C12H17NO2. The van der Waals surface area contributed by atoms with Crippen molar-refractivity contribution in [3.8, 4) is 0 Å². The molecule has 0 radical (unpaired) electrons. The molecule has 0 atom stereocenters. The molecule has 0 amide bonds. The fourth-order valence-electron chi connectivity index (χ4n) is 1.38. The van der Waals surface area contributed by atoms with Gasteiger partial charge in [0.05, 0.1) is 13.7 Å². The van der Waals surface area contributed by atoms with E-state index in [-0.39, 0.29) is 12.5 Å². The van der Waals surface area contributed by atoms with Crippen LogP contribution < -0.4 is 5.32 Å². The predicted molar refractivity (Wildman–Crippen MR) is 59.8 cm³/mol. The molecule has 1 N–H and O–H groups in total. The monoisotopic (exact) mass is 207 g/mol. The number of rotatable bonds is 5. The molecule has 0 bridgehead atoms. The number of carbonyl (C=O) groups is 1. The molecule has 82 valence electrons. The molecular weight excluding hydrogens is 190 g/mol. The summed E-state index contributed by atoms with van der Waals surface area (Å²) in [5.74, 6) is -0.222. The normalized spacial score (nSPS) is 10.0. The second-order valence-corrected chi connectivity index (χ2v) is 3.43. The topological polar surface area (TPSA) is 38.3 Å². The van der Waals surface area contributed by atoms with Gasteiger partial charge in [0, 0.05) is 0 Å². The van der Waals surface area contributed by atoms with Gasteiger partial charge in [-0.3, -0.25) is 4.79 Å². The van der Waals surface area contributed by atoms with E-state index in [2.05, 4.69) is 29.1 Å². The lowest BCUT2D eigenvalue weighted by atomic mass is 10.1. The molecule has 1 aromatic carbocycles. The molecule has 3 heteroatoms. The van der Waals surface area contributed by atoms with Crippen molar-refractivity contribution in [1.29, 1.82) is 0 Å².